The van der Waals surface area contributed by atoms with E-state index < -0.39 is 0 Å². The van der Waals surface area contributed by atoms with Crippen molar-refractivity contribution in [2.24, 2.45) is 0 Å². The molecule has 2 aliphatic rings. The van der Waals surface area contributed by atoms with Gasteiger partial charge in [0.1, 0.15) is 5.01 Å². The smallest absolute Gasteiger partial charge is 0.107 e. The van der Waals surface area contributed by atoms with Gasteiger partial charge < -0.3 is 10.1 Å². The third-order valence-electron chi connectivity index (χ3n) is 3.59. The van der Waals surface area contributed by atoms with Gasteiger partial charge in [-0.1, -0.05) is 0 Å². The molecular formula is C13H21N3OS. The van der Waals surface area contributed by atoms with Gasteiger partial charge in [-0.15, -0.1) is 11.3 Å². The van der Waals surface area contributed by atoms with Crippen LogP contribution in [-0.4, -0.2) is 41.7 Å². The standard InChI is InChI=1S/C13H21N3OS/c1-10-8-17-5-4-16(10)7-12-9-18-13(15-12)6-14-11-2-3-11/h9-11,14H,2-8H2,1H3. The number of hydrogen-bond acceptors (Lipinski definition) is 5. The molecule has 1 aromatic rings. The Hall–Kier alpha value is -0.490. The van der Waals surface area contributed by atoms with Crippen molar-refractivity contribution < 1.29 is 4.74 Å². The summed E-state index contributed by atoms with van der Waals surface area (Å²) in [4.78, 5) is 7.17. The van der Waals surface area contributed by atoms with Gasteiger partial charge in [0.2, 0.25) is 0 Å². The maximum absolute atomic E-state index is 5.46. The molecule has 2 fully saturated rings. The number of hydrogen-bond donors (Lipinski definition) is 1. The highest BCUT2D eigenvalue weighted by atomic mass is 32.1. The molecule has 0 radical (unpaired) electrons. The molecule has 4 nitrogen and oxygen atoms in total. The number of morpholine rings is 1. The van der Waals surface area contributed by atoms with Crippen molar-refractivity contribution in [2.75, 3.05) is 19.8 Å². The third kappa shape index (κ3) is 3.29. The van der Waals surface area contributed by atoms with Crippen molar-refractivity contribution in [1.82, 2.24) is 15.2 Å². The van der Waals surface area contributed by atoms with Crippen molar-refractivity contribution in [3.8, 4) is 0 Å². The quantitative estimate of drug-likeness (QED) is 0.879. The van der Waals surface area contributed by atoms with Crippen LogP contribution < -0.4 is 5.32 Å². The van der Waals surface area contributed by atoms with Crippen molar-refractivity contribution >= 4 is 11.3 Å². The Morgan fingerprint density at radius 3 is 3.22 bits per heavy atom. The molecule has 5 heteroatoms. The fraction of sp³-hybridized carbons (Fsp3) is 0.769. The van der Waals surface area contributed by atoms with Crippen LogP contribution in [0.1, 0.15) is 30.5 Å². The van der Waals surface area contributed by atoms with Crippen LogP contribution in [0.2, 0.25) is 0 Å². The zero-order valence-corrected chi connectivity index (χ0v) is 11.7. The lowest BCUT2D eigenvalue weighted by Crippen LogP contribution is -2.42. The lowest BCUT2D eigenvalue weighted by atomic mass is 10.2. The molecule has 1 saturated heterocycles. The summed E-state index contributed by atoms with van der Waals surface area (Å²) in [6.07, 6.45) is 2.67. The summed E-state index contributed by atoms with van der Waals surface area (Å²) in [5.74, 6) is 0. The average molecular weight is 267 g/mol. The van der Waals surface area contributed by atoms with E-state index in [0.29, 0.717) is 6.04 Å². The van der Waals surface area contributed by atoms with Crippen molar-refractivity contribution in [3.63, 3.8) is 0 Å². The first-order valence-corrected chi connectivity index (χ1v) is 7.67. The summed E-state index contributed by atoms with van der Waals surface area (Å²) in [5, 5.41) is 6.93. The van der Waals surface area contributed by atoms with E-state index in [4.69, 9.17) is 9.72 Å². The molecule has 1 N–H and O–H groups in total. The van der Waals surface area contributed by atoms with Gasteiger partial charge >= 0.3 is 0 Å². The van der Waals surface area contributed by atoms with E-state index in [2.05, 4.69) is 22.5 Å². The Labute approximate surface area is 112 Å². The minimum Gasteiger partial charge on any atom is -0.379 e. The van der Waals surface area contributed by atoms with Gasteiger partial charge in [0.15, 0.2) is 0 Å². The number of aromatic nitrogens is 1. The first-order valence-electron chi connectivity index (χ1n) is 6.80. The molecule has 1 unspecified atom stereocenters. The van der Waals surface area contributed by atoms with E-state index in [9.17, 15) is 0 Å². The van der Waals surface area contributed by atoms with Crippen molar-refractivity contribution in [2.45, 2.75) is 44.9 Å². The third-order valence-corrected chi connectivity index (χ3v) is 4.49. The fourth-order valence-corrected chi connectivity index (χ4v) is 2.96. The normalized spacial score (nSPS) is 25.5. The predicted molar refractivity (Wildman–Crippen MR) is 72.7 cm³/mol. The second-order valence-electron chi connectivity index (χ2n) is 5.28. The lowest BCUT2D eigenvalue weighted by molar-refractivity contribution is -0.00484. The summed E-state index contributed by atoms with van der Waals surface area (Å²) >= 11 is 1.78. The first-order chi connectivity index (χ1) is 8.81. The molecule has 0 bridgehead atoms. The molecule has 0 spiro atoms. The summed E-state index contributed by atoms with van der Waals surface area (Å²) in [5.41, 5.74) is 1.21. The molecule has 1 saturated carbocycles. The van der Waals surface area contributed by atoms with Gasteiger partial charge in [-0.2, -0.15) is 0 Å². The second-order valence-corrected chi connectivity index (χ2v) is 6.22. The maximum Gasteiger partial charge on any atom is 0.107 e. The number of thiazole rings is 1. The molecule has 1 aliphatic heterocycles. The monoisotopic (exact) mass is 267 g/mol. The molecule has 0 aromatic carbocycles. The Bertz CT molecular complexity index is 391. The van der Waals surface area contributed by atoms with Crippen LogP contribution in [0.5, 0.6) is 0 Å². The SMILES string of the molecule is CC1COCCN1Cc1csc(CNC2CC2)n1. The molecule has 18 heavy (non-hydrogen) atoms. The minimum atomic E-state index is 0.508. The summed E-state index contributed by atoms with van der Waals surface area (Å²) in [7, 11) is 0. The Kier molecular flexibility index (Phi) is 3.94. The van der Waals surface area contributed by atoms with E-state index in [0.717, 1.165) is 38.9 Å². The summed E-state index contributed by atoms with van der Waals surface area (Å²) < 4.78 is 5.46. The van der Waals surface area contributed by atoms with Gasteiger partial charge in [-0.3, -0.25) is 4.90 Å². The fourth-order valence-electron chi connectivity index (χ4n) is 2.23. The van der Waals surface area contributed by atoms with E-state index in [1.165, 1.54) is 23.5 Å². The highest BCUT2D eigenvalue weighted by molar-refractivity contribution is 7.09. The minimum absolute atomic E-state index is 0.508. The number of ether oxygens (including phenoxy) is 1. The Balaban J connectivity index is 1.51. The molecule has 3 rings (SSSR count). The van der Waals surface area contributed by atoms with Gasteiger partial charge in [-0.25, -0.2) is 4.98 Å². The highest BCUT2D eigenvalue weighted by Gasteiger charge is 2.21. The van der Waals surface area contributed by atoms with E-state index >= 15 is 0 Å². The lowest BCUT2D eigenvalue weighted by Gasteiger charge is -2.32. The van der Waals surface area contributed by atoms with Crippen LogP contribution in [0.25, 0.3) is 0 Å². The van der Waals surface area contributed by atoms with Crippen LogP contribution in [0, 0.1) is 0 Å². The highest BCUT2D eigenvalue weighted by Crippen LogP contribution is 2.20. The molecular weight excluding hydrogens is 246 g/mol. The maximum atomic E-state index is 5.46. The van der Waals surface area contributed by atoms with E-state index in [1.807, 2.05) is 0 Å². The largest absolute Gasteiger partial charge is 0.379 e. The Morgan fingerprint density at radius 2 is 2.44 bits per heavy atom. The molecule has 0 amide bonds. The molecule has 2 heterocycles. The van der Waals surface area contributed by atoms with Crippen LogP contribution in [0.15, 0.2) is 5.38 Å². The molecule has 1 aliphatic carbocycles. The molecule has 1 aromatic heterocycles. The van der Waals surface area contributed by atoms with E-state index in [-0.39, 0.29) is 0 Å². The van der Waals surface area contributed by atoms with Crippen LogP contribution in [0.3, 0.4) is 0 Å². The number of nitrogens with one attached hydrogen (secondary N) is 1. The Morgan fingerprint density at radius 1 is 1.56 bits per heavy atom. The van der Waals surface area contributed by atoms with Crippen LogP contribution >= 0.6 is 11.3 Å². The molecule has 1 atom stereocenters. The summed E-state index contributed by atoms with van der Waals surface area (Å²) in [6.45, 7) is 6.85. The zero-order chi connectivity index (χ0) is 12.4. The van der Waals surface area contributed by atoms with Gasteiger partial charge in [-0.05, 0) is 19.8 Å². The summed E-state index contributed by atoms with van der Waals surface area (Å²) in [6, 6.07) is 1.27. The second kappa shape index (κ2) is 5.65. The topological polar surface area (TPSA) is 37.4 Å². The number of rotatable bonds is 5. The van der Waals surface area contributed by atoms with Crippen LogP contribution in [-0.2, 0) is 17.8 Å². The van der Waals surface area contributed by atoms with Gasteiger partial charge in [0, 0.05) is 37.1 Å². The first kappa shape index (κ1) is 12.5. The van der Waals surface area contributed by atoms with Crippen molar-refractivity contribution in [1.29, 1.82) is 0 Å². The van der Waals surface area contributed by atoms with Crippen LogP contribution in [0.4, 0.5) is 0 Å². The predicted octanol–water partition coefficient (Wildman–Crippen LogP) is 1.62. The van der Waals surface area contributed by atoms with Gasteiger partial charge in [0.25, 0.3) is 0 Å². The van der Waals surface area contributed by atoms with Gasteiger partial charge in [0.05, 0.1) is 18.9 Å². The zero-order valence-electron chi connectivity index (χ0n) is 10.9. The van der Waals surface area contributed by atoms with Crippen molar-refractivity contribution in [3.05, 3.63) is 16.1 Å². The van der Waals surface area contributed by atoms with E-state index in [1.54, 1.807) is 11.3 Å². The number of nitrogens with zero attached hydrogens (tertiary/aromatic N) is 2. The molecule has 100 valence electrons. The average Bonchev–Trinajstić information content (AvgIpc) is 3.10.